The van der Waals surface area contributed by atoms with Gasteiger partial charge in [0.1, 0.15) is 0 Å². The summed E-state index contributed by atoms with van der Waals surface area (Å²) in [6.07, 6.45) is 9.97. The smallest absolute Gasteiger partial charge is 0.155 e. The Morgan fingerprint density at radius 2 is 1.52 bits per heavy atom. The zero-order valence-electron chi connectivity index (χ0n) is 16.6. The van der Waals surface area contributed by atoms with Gasteiger partial charge in [-0.2, -0.15) is 0 Å². The van der Waals surface area contributed by atoms with Crippen LogP contribution in [-0.2, 0) is 14.6 Å². The van der Waals surface area contributed by atoms with Gasteiger partial charge >= 0.3 is 0 Å². The molecule has 25 heavy (non-hydrogen) atoms. The SMILES string of the molecule is CC(C)(C)S(=O)(=O)CC1CCC(CCCCCN2CCOCC2)CC1. The van der Waals surface area contributed by atoms with E-state index in [1.807, 2.05) is 20.8 Å². The number of ether oxygens (including phenoxy) is 1. The van der Waals surface area contributed by atoms with Gasteiger partial charge in [-0.25, -0.2) is 8.42 Å². The van der Waals surface area contributed by atoms with Gasteiger partial charge in [0.2, 0.25) is 0 Å². The van der Waals surface area contributed by atoms with E-state index in [0.29, 0.717) is 11.7 Å². The molecule has 1 aliphatic carbocycles. The minimum absolute atomic E-state index is 0.391. The van der Waals surface area contributed by atoms with E-state index in [1.165, 1.54) is 45.1 Å². The molecule has 0 aromatic carbocycles. The predicted molar refractivity (Wildman–Crippen MR) is 105 cm³/mol. The molecule has 1 heterocycles. The highest BCUT2D eigenvalue weighted by Gasteiger charge is 2.33. The highest BCUT2D eigenvalue weighted by molar-refractivity contribution is 7.92. The van der Waals surface area contributed by atoms with Crippen LogP contribution in [0.1, 0.15) is 72.1 Å². The number of sulfone groups is 1. The van der Waals surface area contributed by atoms with Crippen LogP contribution in [0.5, 0.6) is 0 Å². The topological polar surface area (TPSA) is 46.6 Å². The Balaban J connectivity index is 1.55. The van der Waals surface area contributed by atoms with Crippen molar-refractivity contribution in [1.29, 1.82) is 0 Å². The van der Waals surface area contributed by atoms with Gasteiger partial charge in [-0.15, -0.1) is 0 Å². The van der Waals surface area contributed by atoms with E-state index in [9.17, 15) is 8.42 Å². The van der Waals surface area contributed by atoms with Crippen LogP contribution >= 0.6 is 0 Å². The summed E-state index contributed by atoms with van der Waals surface area (Å²) in [7, 11) is -2.96. The second-order valence-electron chi connectivity index (χ2n) is 9.08. The summed E-state index contributed by atoms with van der Waals surface area (Å²) < 4.78 is 29.5. The van der Waals surface area contributed by atoms with Crippen molar-refractivity contribution in [1.82, 2.24) is 4.90 Å². The molecule has 0 N–H and O–H groups in total. The Morgan fingerprint density at radius 1 is 0.920 bits per heavy atom. The summed E-state index contributed by atoms with van der Waals surface area (Å²) in [6, 6.07) is 0. The van der Waals surface area contributed by atoms with E-state index in [0.717, 1.165) is 45.1 Å². The van der Waals surface area contributed by atoms with Gasteiger partial charge in [-0.3, -0.25) is 4.90 Å². The maximum absolute atomic E-state index is 12.4. The Labute approximate surface area is 155 Å². The summed E-state index contributed by atoms with van der Waals surface area (Å²) >= 11 is 0. The summed E-state index contributed by atoms with van der Waals surface area (Å²) in [5, 5.41) is 0. The van der Waals surface area contributed by atoms with Crippen LogP contribution in [0.3, 0.4) is 0 Å². The molecule has 0 unspecified atom stereocenters. The summed E-state index contributed by atoms with van der Waals surface area (Å²) in [5.41, 5.74) is 0. The first-order valence-corrected chi connectivity index (χ1v) is 12.0. The number of nitrogens with zero attached hydrogens (tertiary/aromatic N) is 1. The zero-order chi connectivity index (χ0) is 18.3. The molecule has 148 valence electrons. The third kappa shape index (κ3) is 7.18. The van der Waals surface area contributed by atoms with E-state index < -0.39 is 14.6 Å². The summed E-state index contributed by atoms with van der Waals surface area (Å²) in [6.45, 7) is 10.7. The van der Waals surface area contributed by atoms with Crippen LogP contribution < -0.4 is 0 Å². The molecule has 1 saturated heterocycles. The number of rotatable bonds is 8. The number of morpholine rings is 1. The molecule has 0 atom stereocenters. The van der Waals surface area contributed by atoms with Crippen molar-refractivity contribution in [2.45, 2.75) is 76.9 Å². The third-order valence-corrected chi connectivity index (χ3v) is 8.82. The molecule has 2 fully saturated rings. The van der Waals surface area contributed by atoms with Crippen molar-refractivity contribution >= 4 is 9.84 Å². The van der Waals surface area contributed by atoms with Crippen molar-refractivity contribution in [3.8, 4) is 0 Å². The van der Waals surface area contributed by atoms with Gasteiger partial charge in [0, 0.05) is 13.1 Å². The van der Waals surface area contributed by atoms with Gasteiger partial charge < -0.3 is 4.74 Å². The molecule has 4 nitrogen and oxygen atoms in total. The minimum atomic E-state index is -2.96. The molecule has 0 bridgehead atoms. The van der Waals surface area contributed by atoms with Gasteiger partial charge in [0.15, 0.2) is 9.84 Å². The van der Waals surface area contributed by atoms with Crippen LogP contribution in [0.4, 0.5) is 0 Å². The van der Waals surface area contributed by atoms with Gasteiger partial charge in [0.05, 0.1) is 23.7 Å². The molecule has 1 saturated carbocycles. The molecule has 1 aliphatic heterocycles. The Hall–Kier alpha value is -0.130. The van der Waals surface area contributed by atoms with Crippen LogP contribution in [-0.4, -0.2) is 56.7 Å². The van der Waals surface area contributed by atoms with Crippen LogP contribution in [0.15, 0.2) is 0 Å². The average molecular weight is 374 g/mol. The fraction of sp³-hybridized carbons (Fsp3) is 1.00. The van der Waals surface area contributed by atoms with Gasteiger partial charge in [0.25, 0.3) is 0 Å². The lowest BCUT2D eigenvalue weighted by Gasteiger charge is -2.30. The minimum Gasteiger partial charge on any atom is -0.379 e. The van der Waals surface area contributed by atoms with Crippen molar-refractivity contribution in [2.75, 3.05) is 38.6 Å². The fourth-order valence-corrected chi connectivity index (χ4v) is 5.47. The van der Waals surface area contributed by atoms with E-state index in [2.05, 4.69) is 4.90 Å². The van der Waals surface area contributed by atoms with E-state index in [4.69, 9.17) is 4.74 Å². The lowest BCUT2D eigenvalue weighted by molar-refractivity contribution is 0.0371. The molecular formula is C20H39NO3S. The molecule has 0 aromatic rings. The zero-order valence-corrected chi connectivity index (χ0v) is 17.5. The largest absolute Gasteiger partial charge is 0.379 e. The van der Waals surface area contributed by atoms with E-state index in [-0.39, 0.29) is 0 Å². The quantitative estimate of drug-likeness (QED) is 0.605. The normalized spacial score (nSPS) is 26.7. The van der Waals surface area contributed by atoms with Crippen molar-refractivity contribution in [2.24, 2.45) is 11.8 Å². The van der Waals surface area contributed by atoms with Gasteiger partial charge in [-0.1, -0.05) is 32.1 Å². The number of unbranched alkanes of at least 4 members (excludes halogenated alkanes) is 2. The second kappa shape index (κ2) is 9.70. The lowest BCUT2D eigenvalue weighted by Crippen LogP contribution is -2.36. The molecule has 0 amide bonds. The predicted octanol–water partition coefficient (Wildman–Crippen LogP) is 3.90. The molecular weight excluding hydrogens is 334 g/mol. The van der Waals surface area contributed by atoms with Crippen LogP contribution in [0.25, 0.3) is 0 Å². The van der Waals surface area contributed by atoms with Crippen molar-refractivity contribution < 1.29 is 13.2 Å². The van der Waals surface area contributed by atoms with E-state index in [1.54, 1.807) is 0 Å². The summed E-state index contributed by atoms with van der Waals surface area (Å²) in [4.78, 5) is 2.52. The second-order valence-corrected chi connectivity index (χ2v) is 11.9. The molecule has 0 aromatic heterocycles. The third-order valence-electron chi connectivity index (χ3n) is 6.04. The molecule has 2 rings (SSSR count). The van der Waals surface area contributed by atoms with E-state index >= 15 is 0 Å². The van der Waals surface area contributed by atoms with Crippen molar-refractivity contribution in [3.63, 3.8) is 0 Å². The molecule has 0 radical (unpaired) electrons. The fourth-order valence-electron chi connectivity index (χ4n) is 4.02. The van der Waals surface area contributed by atoms with Gasteiger partial charge in [-0.05, 0) is 58.4 Å². The Kier molecular flexibility index (Phi) is 8.22. The summed E-state index contributed by atoms with van der Waals surface area (Å²) in [5.74, 6) is 1.61. The number of hydrogen-bond donors (Lipinski definition) is 0. The maximum Gasteiger partial charge on any atom is 0.155 e. The van der Waals surface area contributed by atoms with Crippen LogP contribution in [0.2, 0.25) is 0 Å². The Morgan fingerprint density at radius 3 is 2.12 bits per heavy atom. The monoisotopic (exact) mass is 373 g/mol. The maximum atomic E-state index is 12.4. The average Bonchev–Trinajstić information content (AvgIpc) is 2.56. The first kappa shape index (κ1) is 21.2. The molecule has 5 heteroatoms. The lowest BCUT2D eigenvalue weighted by atomic mass is 9.80. The molecule has 2 aliphatic rings. The Bertz CT molecular complexity index is 470. The first-order valence-electron chi connectivity index (χ1n) is 10.3. The van der Waals surface area contributed by atoms with Crippen LogP contribution in [0, 0.1) is 11.8 Å². The molecule has 0 spiro atoms. The standard InChI is InChI=1S/C20H39NO3S/c1-20(2,3)25(22,23)17-19-10-8-18(9-11-19)7-5-4-6-12-21-13-15-24-16-14-21/h18-19H,4-17H2,1-3H3. The highest BCUT2D eigenvalue weighted by atomic mass is 32.2. The number of hydrogen-bond acceptors (Lipinski definition) is 4. The highest BCUT2D eigenvalue weighted by Crippen LogP contribution is 2.34. The first-order chi connectivity index (χ1) is 11.8. The van der Waals surface area contributed by atoms with Crippen molar-refractivity contribution in [3.05, 3.63) is 0 Å².